The van der Waals surface area contributed by atoms with Crippen LogP contribution in [0.5, 0.6) is 0 Å². The highest BCUT2D eigenvalue weighted by molar-refractivity contribution is 5.24. The summed E-state index contributed by atoms with van der Waals surface area (Å²) in [5, 5.41) is 0. The molecule has 0 radical (unpaired) electrons. The number of unbranched alkanes of at least 4 members (excludes halogenated alkanes) is 1. The maximum Gasteiger partial charge on any atom is 0.0294 e. The van der Waals surface area contributed by atoms with Crippen LogP contribution in [-0.2, 0) is 6.42 Å². The average Bonchev–Trinajstić information content (AvgIpc) is 2.27. The molecule has 1 aromatic rings. The molecule has 0 saturated carbocycles. The Hall–Kier alpha value is -0.820. The van der Waals surface area contributed by atoms with Gasteiger partial charge in [0.1, 0.15) is 0 Å². The number of hydrogen-bond donors (Lipinski definition) is 1. The summed E-state index contributed by atoms with van der Waals surface area (Å²) in [6.07, 6.45) is 5.96. The van der Waals surface area contributed by atoms with Gasteiger partial charge in [0.2, 0.25) is 0 Å². The lowest BCUT2D eigenvalue weighted by Gasteiger charge is -2.11. The minimum Gasteiger partial charge on any atom is -0.324 e. The van der Waals surface area contributed by atoms with Crippen molar-refractivity contribution in [1.29, 1.82) is 0 Å². The first-order valence-corrected chi connectivity index (χ1v) is 6.12. The molecule has 1 unspecified atom stereocenters. The lowest BCUT2D eigenvalue weighted by Crippen LogP contribution is -2.09. The van der Waals surface area contributed by atoms with Crippen LogP contribution >= 0.6 is 0 Å². The van der Waals surface area contributed by atoms with E-state index in [0.717, 1.165) is 12.8 Å². The van der Waals surface area contributed by atoms with Crippen LogP contribution in [0.15, 0.2) is 24.3 Å². The first-order chi connectivity index (χ1) is 7.27. The topological polar surface area (TPSA) is 26.0 Å². The van der Waals surface area contributed by atoms with Gasteiger partial charge >= 0.3 is 0 Å². The Balaban J connectivity index is 2.55. The van der Waals surface area contributed by atoms with E-state index in [1.165, 1.54) is 30.4 Å². The van der Waals surface area contributed by atoms with Gasteiger partial charge in [-0.3, -0.25) is 0 Å². The molecule has 1 heteroatoms. The minimum atomic E-state index is 0.218. The molecule has 0 aromatic heterocycles. The van der Waals surface area contributed by atoms with E-state index < -0.39 is 0 Å². The van der Waals surface area contributed by atoms with Gasteiger partial charge in [0.15, 0.2) is 0 Å². The highest BCUT2D eigenvalue weighted by Crippen LogP contribution is 2.16. The second kappa shape index (κ2) is 6.62. The van der Waals surface area contributed by atoms with Crippen LogP contribution in [-0.4, -0.2) is 0 Å². The van der Waals surface area contributed by atoms with Crippen molar-refractivity contribution in [2.24, 2.45) is 5.73 Å². The predicted molar refractivity (Wildman–Crippen MR) is 66.9 cm³/mol. The zero-order valence-corrected chi connectivity index (χ0v) is 10.00. The van der Waals surface area contributed by atoms with Crippen molar-refractivity contribution in [1.82, 2.24) is 0 Å². The fourth-order valence-corrected chi connectivity index (χ4v) is 1.79. The minimum absolute atomic E-state index is 0.218. The van der Waals surface area contributed by atoms with Crippen LogP contribution in [0.2, 0.25) is 0 Å². The standard InChI is InChI=1S/C14H23N/c1-3-5-7-12-8-10-13(11-9-12)14(15)6-4-2/h8-11,14H,3-7,15H2,1-2H3. The summed E-state index contributed by atoms with van der Waals surface area (Å²) in [6, 6.07) is 9.03. The van der Waals surface area contributed by atoms with Crippen LogP contribution in [0.1, 0.15) is 56.7 Å². The van der Waals surface area contributed by atoms with Gasteiger partial charge in [-0.2, -0.15) is 0 Å². The van der Waals surface area contributed by atoms with E-state index in [2.05, 4.69) is 38.1 Å². The molecule has 1 aromatic carbocycles. The van der Waals surface area contributed by atoms with Gasteiger partial charge in [0.25, 0.3) is 0 Å². The number of hydrogen-bond acceptors (Lipinski definition) is 1. The molecule has 0 aliphatic carbocycles. The zero-order valence-electron chi connectivity index (χ0n) is 10.00. The first kappa shape index (κ1) is 12.3. The summed E-state index contributed by atoms with van der Waals surface area (Å²) in [5.74, 6) is 0. The van der Waals surface area contributed by atoms with E-state index in [-0.39, 0.29) is 6.04 Å². The normalized spacial score (nSPS) is 12.7. The Bertz CT molecular complexity index is 263. The summed E-state index contributed by atoms with van der Waals surface area (Å²) in [7, 11) is 0. The van der Waals surface area contributed by atoms with Gasteiger partial charge in [-0.25, -0.2) is 0 Å². The van der Waals surface area contributed by atoms with Crippen molar-refractivity contribution < 1.29 is 0 Å². The van der Waals surface area contributed by atoms with Gasteiger partial charge in [-0.15, -0.1) is 0 Å². The maximum atomic E-state index is 6.06. The zero-order chi connectivity index (χ0) is 11.1. The quantitative estimate of drug-likeness (QED) is 0.750. The fraction of sp³-hybridized carbons (Fsp3) is 0.571. The van der Waals surface area contributed by atoms with Crippen molar-refractivity contribution in [3.8, 4) is 0 Å². The Labute approximate surface area is 93.7 Å². The Morgan fingerprint density at radius 1 is 1.07 bits per heavy atom. The molecular formula is C14H23N. The van der Waals surface area contributed by atoms with Crippen molar-refractivity contribution in [2.45, 2.75) is 52.0 Å². The second-order valence-electron chi connectivity index (χ2n) is 4.24. The number of benzene rings is 1. The lowest BCUT2D eigenvalue weighted by atomic mass is 10.0. The molecule has 0 bridgehead atoms. The summed E-state index contributed by atoms with van der Waals surface area (Å²) < 4.78 is 0. The van der Waals surface area contributed by atoms with E-state index in [1.54, 1.807) is 0 Å². The van der Waals surface area contributed by atoms with Crippen molar-refractivity contribution in [2.75, 3.05) is 0 Å². The largest absolute Gasteiger partial charge is 0.324 e. The van der Waals surface area contributed by atoms with Crippen LogP contribution < -0.4 is 5.73 Å². The van der Waals surface area contributed by atoms with Crippen LogP contribution in [0, 0.1) is 0 Å². The summed E-state index contributed by atoms with van der Waals surface area (Å²) in [6.45, 7) is 4.40. The van der Waals surface area contributed by atoms with Crippen molar-refractivity contribution in [3.05, 3.63) is 35.4 Å². The van der Waals surface area contributed by atoms with E-state index in [4.69, 9.17) is 5.73 Å². The summed E-state index contributed by atoms with van der Waals surface area (Å²) in [4.78, 5) is 0. The maximum absolute atomic E-state index is 6.06. The fourth-order valence-electron chi connectivity index (χ4n) is 1.79. The summed E-state index contributed by atoms with van der Waals surface area (Å²) >= 11 is 0. The smallest absolute Gasteiger partial charge is 0.0294 e. The number of nitrogens with two attached hydrogens (primary N) is 1. The van der Waals surface area contributed by atoms with Gasteiger partial charge < -0.3 is 5.73 Å². The van der Waals surface area contributed by atoms with E-state index in [9.17, 15) is 0 Å². The molecule has 0 saturated heterocycles. The molecule has 0 heterocycles. The van der Waals surface area contributed by atoms with Gasteiger partial charge in [-0.1, -0.05) is 51.0 Å². The average molecular weight is 205 g/mol. The molecule has 1 nitrogen and oxygen atoms in total. The third kappa shape index (κ3) is 4.05. The second-order valence-corrected chi connectivity index (χ2v) is 4.24. The van der Waals surface area contributed by atoms with E-state index >= 15 is 0 Å². The molecule has 0 fully saturated rings. The van der Waals surface area contributed by atoms with E-state index in [1.807, 2.05) is 0 Å². The highest BCUT2D eigenvalue weighted by atomic mass is 14.6. The Morgan fingerprint density at radius 2 is 1.73 bits per heavy atom. The van der Waals surface area contributed by atoms with Crippen molar-refractivity contribution >= 4 is 0 Å². The molecule has 0 aliphatic rings. The van der Waals surface area contributed by atoms with Crippen LogP contribution in [0.3, 0.4) is 0 Å². The molecule has 15 heavy (non-hydrogen) atoms. The van der Waals surface area contributed by atoms with Crippen LogP contribution in [0.25, 0.3) is 0 Å². The van der Waals surface area contributed by atoms with Crippen LogP contribution in [0.4, 0.5) is 0 Å². The summed E-state index contributed by atoms with van der Waals surface area (Å²) in [5.41, 5.74) is 8.77. The highest BCUT2D eigenvalue weighted by Gasteiger charge is 2.03. The number of aryl methyl sites for hydroxylation is 1. The van der Waals surface area contributed by atoms with Gasteiger partial charge in [0.05, 0.1) is 0 Å². The third-order valence-corrected chi connectivity index (χ3v) is 2.83. The molecule has 0 amide bonds. The molecule has 1 rings (SSSR count). The Morgan fingerprint density at radius 3 is 2.27 bits per heavy atom. The molecule has 1 atom stereocenters. The monoisotopic (exact) mass is 205 g/mol. The van der Waals surface area contributed by atoms with E-state index in [0.29, 0.717) is 0 Å². The Kier molecular flexibility index (Phi) is 5.41. The third-order valence-electron chi connectivity index (χ3n) is 2.83. The first-order valence-electron chi connectivity index (χ1n) is 6.12. The molecule has 84 valence electrons. The van der Waals surface area contributed by atoms with Gasteiger partial charge in [0, 0.05) is 6.04 Å². The van der Waals surface area contributed by atoms with Crippen molar-refractivity contribution in [3.63, 3.8) is 0 Å². The van der Waals surface area contributed by atoms with Gasteiger partial charge in [-0.05, 0) is 30.4 Å². The molecule has 0 aliphatic heterocycles. The SMILES string of the molecule is CCCCc1ccc(C(N)CCC)cc1. The number of rotatable bonds is 6. The lowest BCUT2D eigenvalue weighted by molar-refractivity contribution is 0.638. The molecular weight excluding hydrogens is 182 g/mol. The predicted octanol–water partition coefficient (Wildman–Crippen LogP) is 3.83. The molecule has 0 spiro atoms. The molecule has 2 N–H and O–H groups in total.